The van der Waals surface area contributed by atoms with Crippen LogP contribution in [0.2, 0.25) is 0 Å². The molecule has 0 saturated carbocycles. The lowest BCUT2D eigenvalue weighted by Crippen LogP contribution is -2.54. The van der Waals surface area contributed by atoms with Gasteiger partial charge in [-0.1, -0.05) is 5.21 Å². The molecule has 5 heterocycles. The average Bonchev–Trinajstić information content (AvgIpc) is 3.73. The summed E-state index contributed by atoms with van der Waals surface area (Å²) in [6.45, 7) is 1.97. The van der Waals surface area contributed by atoms with E-state index in [9.17, 15) is 24.0 Å². The number of amides is 4. The number of methoxy groups -OCH3 is 2. The lowest BCUT2D eigenvalue weighted by atomic mass is 9.99. The highest BCUT2D eigenvalue weighted by molar-refractivity contribution is 6.23. The monoisotopic (exact) mass is 736 g/mol. The number of benzene rings is 2. The van der Waals surface area contributed by atoms with Crippen LogP contribution in [0, 0.1) is 0 Å². The van der Waals surface area contributed by atoms with Crippen molar-refractivity contribution in [1.29, 1.82) is 0 Å². The molecule has 4 amide bonds. The van der Waals surface area contributed by atoms with E-state index in [-0.39, 0.29) is 37.6 Å². The minimum absolute atomic E-state index is 0. The lowest BCUT2D eigenvalue weighted by Gasteiger charge is -2.27. The molecule has 7 rings (SSSR count). The molecule has 280 valence electrons. The summed E-state index contributed by atoms with van der Waals surface area (Å²) in [6.07, 6.45) is 7.75. The molecule has 0 radical (unpaired) electrons. The van der Waals surface area contributed by atoms with Crippen molar-refractivity contribution < 1.29 is 34.8 Å². The van der Waals surface area contributed by atoms with Gasteiger partial charge in [0.25, 0.3) is 17.4 Å². The molecule has 0 aliphatic carbocycles. The van der Waals surface area contributed by atoms with Crippen LogP contribution in [0.15, 0.2) is 66.0 Å². The van der Waals surface area contributed by atoms with Crippen molar-refractivity contribution in [3.05, 3.63) is 93.9 Å². The van der Waals surface area contributed by atoms with Crippen LogP contribution in [0.4, 0.5) is 0 Å². The minimum Gasteiger partial charge on any atom is -0.496 e. The van der Waals surface area contributed by atoms with Crippen LogP contribution < -0.4 is 25.1 Å². The number of nitrogens with zero attached hydrogens (tertiary/aromatic N) is 7. The predicted octanol–water partition coefficient (Wildman–Crippen LogP) is 2.96. The van der Waals surface area contributed by atoms with Crippen LogP contribution >= 0.6 is 0 Å². The van der Waals surface area contributed by atoms with Crippen LogP contribution in [0.5, 0.6) is 17.2 Å². The summed E-state index contributed by atoms with van der Waals surface area (Å²) >= 11 is 0. The van der Waals surface area contributed by atoms with E-state index in [4.69, 9.17) is 14.2 Å². The number of imide groups is 2. The van der Waals surface area contributed by atoms with Gasteiger partial charge in [-0.2, -0.15) is 0 Å². The zero-order chi connectivity index (χ0) is 38.1. The number of carbonyl (C=O) groups excluding carboxylic acids is 4. The number of pyridine rings is 2. The van der Waals surface area contributed by atoms with Gasteiger partial charge < -0.3 is 23.7 Å². The number of ether oxygens (including phenoxy) is 3. The Balaban J connectivity index is 0.00000514. The molecule has 16 heteroatoms. The normalized spacial score (nSPS) is 15.6. The van der Waals surface area contributed by atoms with Crippen molar-refractivity contribution >= 4 is 34.4 Å². The Kier molecular flexibility index (Phi) is 9.92. The summed E-state index contributed by atoms with van der Waals surface area (Å²) in [5.41, 5.74) is 3.37. The van der Waals surface area contributed by atoms with Crippen molar-refractivity contribution in [2.24, 2.45) is 7.05 Å². The van der Waals surface area contributed by atoms with Gasteiger partial charge in [-0.05, 0) is 73.8 Å². The standard InChI is InChI=1S/C38H38N8O8.H2/c1-43(19-30-32(52-3)14-22(15-33(30)53-4)29-20-44(2)36(49)28-17-39-11-10-25(28)29)12-5-13-45-18-23(41-42-45)21-54-24-6-7-26-27(16-24)38(51)46(37(26)50)31-8-9-34(47)40-35(31)48;/h6-7,10-11,14-18,20,31H,5,8-9,12-13,19,21H2,1-4H3,(H,40,47,48);1H. The lowest BCUT2D eigenvalue weighted by molar-refractivity contribution is -0.136. The maximum atomic E-state index is 13.1. The van der Waals surface area contributed by atoms with Crippen LogP contribution in [-0.4, -0.2) is 91.8 Å². The number of fused-ring (bicyclic) bond motifs is 2. The molecule has 1 unspecified atom stereocenters. The molecule has 1 fully saturated rings. The highest BCUT2D eigenvalue weighted by Crippen LogP contribution is 2.38. The first-order chi connectivity index (χ1) is 26.1. The number of hydrogen-bond donors (Lipinski definition) is 1. The Morgan fingerprint density at radius 2 is 1.70 bits per heavy atom. The van der Waals surface area contributed by atoms with Gasteiger partial charge in [-0.15, -0.1) is 5.10 Å². The van der Waals surface area contributed by atoms with Gasteiger partial charge >= 0.3 is 0 Å². The van der Waals surface area contributed by atoms with E-state index in [1.165, 1.54) is 12.1 Å². The number of carbonyl (C=O) groups is 4. The predicted molar refractivity (Wildman–Crippen MR) is 196 cm³/mol. The number of nitrogens with one attached hydrogen (secondary N) is 1. The van der Waals surface area contributed by atoms with Crippen molar-refractivity contribution in [3.8, 4) is 28.4 Å². The maximum absolute atomic E-state index is 13.1. The largest absolute Gasteiger partial charge is 0.496 e. The summed E-state index contributed by atoms with van der Waals surface area (Å²) in [4.78, 5) is 69.9. The summed E-state index contributed by atoms with van der Waals surface area (Å²) in [6, 6.07) is 9.27. The average molecular weight is 737 g/mol. The SMILES string of the molecule is COc1cc(-c2cn(C)c(=O)c3cnccc23)cc(OC)c1CN(C)CCCn1cc(COc2ccc3c(c2)C(=O)N(C2CCC(=O)NC2=O)C3=O)nn1.[HH]. The quantitative estimate of drug-likeness (QED) is 0.175. The third-order valence-corrected chi connectivity index (χ3v) is 9.64. The third kappa shape index (κ3) is 6.90. The fourth-order valence-corrected chi connectivity index (χ4v) is 6.90. The van der Waals surface area contributed by atoms with E-state index < -0.39 is 29.7 Å². The first kappa shape index (κ1) is 36.0. The second-order valence-electron chi connectivity index (χ2n) is 13.2. The molecule has 3 aromatic heterocycles. The van der Waals surface area contributed by atoms with Crippen molar-refractivity contribution in [2.45, 2.75) is 45.0 Å². The van der Waals surface area contributed by atoms with Crippen molar-refractivity contribution in [3.63, 3.8) is 0 Å². The van der Waals surface area contributed by atoms with Gasteiger partial charge in [0.15, 0.2) is 0 Å². The molecule has 5 aromatic rings. The summed E-state index contributed by atoms with van der Waals surface area (Å²) in [7, 11) is 6.98. The first-order valence-corrected chi connectivity index (χ1v) is 17.3. The fourth-order valence-electron chi connectivity index (χ4n) is 6.90. The molecular weight excluding hydrogens is 696 g/mol. The van der Waals surface area contributed by atoms with Crippen LogP contribution in [0.25, 0.3) is 21.9 Å². The second kappa shape index (κ2) is 14.9. The smallest absolute Gasteiger partial charge is 0.262 e. The first-order valence-electron chi connectivity index (χ1n) is 17.3. The number of piperidine rings is 1. The summed E-state index contributed by atoms with van der Waals surface area (Å²) in [5.74, 6) is -0.585. The van der Waals surface area contributed by atoms with E-state index >= 15 is 0 Å². The summed E-state index contributed by atoms with van der Waals surface area (Å²) < 4.78 is 20.8. The molecule has 0 bridgehead atoms. The number of aromatic nitrogens is 5. The van der Waals surface area contributed by atoms with Gasteiger partial charge in [0.1, 0.15) is 35.6 Å². The van der Waals surface area contributed by atoms with Crippen molar-refractivity contribution in [1.82, 2.24) is 39.7 Å². The van der Waals surface area contributed by atoms with E-state index in [2.05, 4.69) is 25.5 Å². The molecule has 1 N–H and O–H groups in total. The van der Waals surface area contributed by atoms with Crippen LogP contribution in [-0.2, 0) is 36.3 Å². The van der Waals surface area contributed by atoms with Crippen molar-refractivity contribution in [2.75, 3.05) is 27.8 Å². The Morgan fingerprint density at radius 3 is 2.44 bits per heavy atom. The third-order valence-electron chi connectivity index (χ3n) is 9.64. The van der Waals surface area contributed by atoms with Crippen LogP contribution in [0.1, 0.15) is 52.7 Å². The number of rotatable bonds is 13. The van der Waals surface area contributed by atoms with Gasteiger partial charge in [-0.25, -0.2) is 0 Å². The maximum Gasteiger partial charge on any atom is 0.262 e. The molecule has 2 aromatic carbocycles. The zero-order valence-electron chi connectivity index (χ0n) is 30.2. The summed E-state index contributed by atoms with van der Waals surface area (Å²) in [5, 5.41) is 12.0. The molecular formula is C38H40N8O8. The highest BCUT2D eigenvalue weighted by Gasteiger charge is 2.44. The number of aryl methyl sites for hydroxylation is 2. The van der Waals surface area contributed by atoms with Gasteiger partial charge in [-0.3, -0.25) is 43.9 Å². The second-order valence-corrected chi connectivity index (χ2v) is 13.2. The number of hydrogen-bond acceptors (Lipinski definition) is 12. The molecule has 54 heavy (non-hydrogen) atoms. The van der Waals surface area contributed by atoms with E-state index in [1.54, 1.807) is 55.2 Å². The topological polar surface area (TPSA) is 180 Å². The highest BCUT2D eigenvalue weighted by atomic mass is 16.5. The van der Waals surface area contributed by atoms with E-state index in [1.807, 2.05) is 31.4 Å². The molecule has 1 atom stereocenters. The molecule has 1 saturated heterocycles. The Bertz CT molecular complexity index is 2350. The van der Waals surface area contributed by atoms with Crippen LogP contribution in [0.3, 0.4) is 0 Å². The van der Waals surface area contributed by atoms with Gasteiger partial charge in [0.2, 0.25) is 11.8 Å². The Morgan fingerprint density at radius 1 is 0.944 bits per heavy atom. The fraction of sp³-hybridized carbons (Fsp3) is 0.316. The molecule has 2 aliphatic rings. The van der Waals surface area contributed by atoms with E-state index in [0.717, 1.165) is 39.9 Å². The van der Waals surface area contributed by atoms with Gasteiger partial charge in [0, 0.05) is 52.1 Å². The molecule has 2 aliphatic heterocycles. The minimum atomic E-state index is -1.04. The zero-order valence-corrected chi connectivity index (χ0v) is 30.2. The molecule has 0 spiro atoms. The Labute approximate surface area is 310 Å². The Hall–Kier alpha value is -6.42. The van der Waals surface area contributed by atoms with E-state index in [0.29, 0.717) is 41.4 Å². The van der Waals surface area contributed by atoms with Gasteiger partial charge in [0.05, 0.1) is 42.5 Å². The molecule has 16 nitrogen and oxygen atoms in total.